The van der Waals surface area contributed by atoms with Crippen molar-refractivity contribution in [2.24, 2.45) is 0 Å². The van der Waals surface area contributed by atoms with Gasteiger partial charge in [0.15, 0.2) is 0 Å². The van der Waals surface area contributed by atoms with Crippen LogP contribution >= 0.6 is 11.3 Å². The molecule has 0 spiro atoms. The van der Waals surface area contributed by atoms with Crippen LogP contribution < -0.4 is 5.32 Å². The minimum atomic E-state index is -0.508. The predicted molar refractivity (Wildman–Crippen MR) is 78.1 cm³/mol. The molecule has 0 saturated heterocycles. The average molecular weight is 296 g/mol. The molecular formula is C15H18F2N2S. The first kappa shape index (κ1) is 15.1. The summed E-state index contributed by atoms with van der Waals surface area (Å²) in [7, 11) is 0. The Morgan fingerprint density at radius 3 is 2.60 bits per heavy atom. The van der Waals surface area contributed by atoms with Crippen LogP contribution in [0.1, 0.15) is 34.8 Å². The number of aromatic nitrogens is 1. The lowest BCUT2D eigenvalue weighted by Crippen LogP contribution is -2.24. The Bertz CT molecular complexity index is 596. The second-order valence-corrected chi connectivity index (χ2v) is 5.86. The van der Waals surface area contributed by atoms with E-state index in [0.29, 0.717) is 24.1 Å². The molecule has 2 nitrogen and oxygen atoms in total. The van der Waals surface area contributed by atoms with E-state index in [-0.39, 0.29) is 6.04 Å². The number of hydrogen-bond donors (Lipinski definition) is 1. The van der Waals surface area contributed by atoms with Gasteiger partial charge in [-0.3, -0.25) is 0 Å². The van der Waals surface area contributed by atoms with Gasteiger partial charge in [-0.1, -0.05) is 6.92 Å². The number of likely N-dealkylation sites (N-methyl/N-ethyl adjacent to an activating group) is 1. The van der Waals surface area contributed by atoms with Crippen molar-refractivity contribution in [3.05, 3.63) is 51.0 Å². The normalized spacial score (nSPS) is 12.7. The molecule has 2 aromatic rings. The summed E-state index contributed by atoms with van der Waals surface area (Å²) < 4.78 is 27.4. The van der Waals surface area contributed by atoms with Gasteiger partial charge in [0, 0.05) is 29.5 Å². The highest BCUT2D eigenvalue weighted by Crippen LogP contribution is 2.24. The number of aryl methyl sites for hydroxylation is 2. The molecule has 0 bridgehead atoms. The first-order valence-corrected chi connectivity index (χ1v) is 7.49. The number of nitrogens with one attached hydrogen (secondary N) is 1. The Balaban J connectivity index is 2.30. The highest BCUT2D eigenvalue weighted by molar-refractivity contribution is 7.09. The van der Waals surface area contributed by atoms with E-state index in [9.17, 15) is 8.78 Å². The molecule has 0 aliphatic heterocycles. The van der Waals surface area contributed by atoms with Gasteiger partial charge in [-0.25, -0.2) is 13.8 Å². The van der Waals surface area contributed by atoms with E-state index >= 15 is 0 Å². The van der Waals surface area contributed by atoms with E-state index in [0.717, 1.165) is 16.8 Å². The molecule has 0 aliphatic rings. The van der Waals surface area contributed by atoms with Crippen LogP contribution in [0, 0.1) is 25.5 Å². The van der Waals surface area contributed by atoms with Crippen LogP contribution in [-0.2, 0) is 6.42 Å². The van der Waals surface area contributed by atoms with Crippen molar-refractivity contribution < 1.29 is 8.78 Å². The fourth-order valence-electron chi connectivity index (χ4n) is 2.20. The van der Waals surface area contributed by atoms with Crippen molar-refractivity contribution in [2.45, 2.75) is 33.2 Å². The van der Waals surface area contributed by atoms with Crippen molar-refractivity contribution in [2.75, 3.05) is 6.54 Å². The number of hydrogen-bond acceptors (Lipinski definition) is 3. The van der Waals surface area contributed by atoms with E-state index in [4.69, 9.17) is 0 Å². The molecule has 1 atom stereocenters. The van der Waals surface area contributed by atoms with Crippen LogP contribution in [-0.4, -0.2) is 11.5 Å². The maximum Gasteiger partial charge on any atom is 0.130 e. The molecule has 108 valence electrons. The molecule has 0 saturated carbocycles. The average Bonchev–Trinajstić information content (AvgIpc) is 2.79. The van der Waals surface area contributed by atoms with Crippen LogP contribution in [0.5, 0.6) is 0 Å². The molecule has 20 heavy (non-hydrogen) atoms. The quantitative estimate of drug-likeness (QED) is 0.904. The number of benzene rings is 1. The highest BCUT2D eigenvalue weighted by atomic mass is 32.1. The summed E-state index contributed by atoms with van der Waals surface area (Å²) >= 11 is 1.58. The van der Waals surface area contributed by atoms with Gasteiger partial charge in [-0.15, -0.1) is 11.3 Å². The van der Waals surface area contributed by atoms with Gasteiger partial charge in [0.1, 0.15) is 11.6 Å². The van der Waals surface area contributed by atoms with Gasteiger partial charge in [-0.05, 0) is 32.0 Å². The Kier molecular flexibility index (Phi) is 4.83. The molecule has 1 heterocycles. The summed E-state index contributed by atoms with van der Waals surface area (Å²) in [5.41, 5.74) is 1.88. The van der Waals surface area contributed by atoms with Crippen molar-refractivity contribution >= 4 is 11.3 Å². The summed E-state index contributed by atoms with van der Waals surface area (Å²) in [6, 6.07) is 2.35. The lowest BCUT2D eigenvalue weighted by atomic mass is 9.99. The number of rotatable bonds is 5. The van der Waals surface area contributed by atoms with Crippen molar-refractivity contribution in [3.63, 3.8) is 0 Å². The second-order valence-electron chi connectivity index (χ2n) is 4.80. The molecule has 1 aromatic carbocycles. The monoisotopic (exact) mass is 296 g/mol. The Hall–Kier alpha value is -1.33. The summed E-state index contributed by atoms with van der Waals surface area (Å²) in [6.45, 7) is 6.27. The molecule has 2 rings (SSSR count). The van der Waals surface area contributed by atoms with E-state index < -0.39 is 11.6 Å². The van der Waals surface area contributed by atoms with Gasteiger partial charge >= 0.3 is 0 Å². The maximum absolute atomic E-state index is 14.0. The topological polar surface area (TPSA) is 24.9 Å². The minimum absolute atomic E-state index is 0.194. The second kappa shape index (κ2) is 6.41. The third-order valence-corrected chi connectivity index (χ3v) is 4.01. The van der Waals surface area contributed by atoms with E-state index in [2.05, 4.69) is 10.3 Å². The van der Waals surface area contributed by atoms with Crippen molar-refractivity contribution in [1.29, 1.82) is 0 Å². The molecular weight excluding hydrogens is 278 g/mol. The van der Waals surface area contributed by atoms with Gasteiger partial charge in [0.05, 0.1) is 10.7 Å². The van der Waals surface area contributed by atoms with E-state index in [1.165, 1.54) is 0 Å². The first-order chi connectivity index (χ1) is 9.51. The molecule has 1 aromatic heterocycles. The van der Waals surface area contributed by atoms with Crippen LogP contribution in [0.2, 0.25) is 0 Å². The zero-order valence-corrected chi connectivity index (χ0v) is 12.7. The number of thiazole rings is 1. The van der Waals surface area contributed by atoms with Crippen LogP contribution in [0.3, 0.4) is 0 Å². The van der Waals surface area contributed by atoms with Gasteiger partial charge < -0.3 is 5.32 Å². The standard InChI is InChI=1S/C15H18F2N2S/c1-4-18-15(6-11-8-20-10(3)19-11)12-5-9(2)13(16)7-14(12)17/h5,7-8,15,18H,4,6H2,1-3H3. The number of nitrogens with zero attached hydrogens (tertiary/aromatic N) is 1. The Morgan fingerprint density at radius 1 is 1.25 bits per heavy atom. The summed E-state index contributed by atoms with van der Waals surface area (Å²) in [5, 5.41) is 6.22. The molecule has 0 fully saturated rings. The van der Waals surface area contributed by atoms with E-state index in [1.54, 1.807) is 24.3 Å². The molecule has 0 radical (unpaired) electrons. The van der Waals surface area contributed by atoms with Crippen LogP contribution in [0.4, 0.5) is 8.78 Å². The zero-order chi connectivity index (χ0) is 14.7. The lowest BCUT2D eigenvalue weighted by Gasteiger charge is -2.19. The van der Waals surface area contributed by atoms with E-state index in [1.807, 2.05) is 19.2 Å². The molecule has 0 aliphatic carbocycles. The third kappa shape index (κ3) is 3.41. The van der Waals surface area contributed by atoms with Crippen LogP contribution in [0.25, 0.3) is 0 Å². The molecule has 1 unspecified atom stereocenters. The van der Waals surface area contributed by atoms with Crippen molar-refractivity contribution in [3.8, 4) is 0 Å². The van der Waals surface area contributed by atoms with Gasteiger partial charge in [-0.2, -0.15) is 0 Å². The largest absolute Gasteiger partial charge is 0.310 e. The summed E-state index contributed by atoms with van der Waals surface area (Å²) in [5.74, 6) is -1.02. The molecule has 1 N–H and O–H groups in total. The minimum Gasteiger partial charge on any atom is -0.310 e. The Morgan fingerprint density at radius 2 is 2.00 bits per heavy atom. The predicted octanol–water partition coefficient (Wildman–Crippen LogP) is 3.93. The fraction of sp³-hybridized carbons (Fsp3) is 0.400. The SMILES string of the molecule is CCNC(Cc1csc(C)n1)c1cc(C)c(F)cc1F. The molecule has 5 heteroatoms. The summed E-state index contributed by atoms with van der Waals surface area (Å²) in [6.07, 6.45) is 0.597. The van der Waals surface area contributed by atoms with Gasteiger partial charge in [0.2, 0.25) is 0 Å². The zero-order valence-electron chi connectivity index (χ0n) is 11.8. The number of halogens is 2. The maximum atomic E-state index is 14.0. The first-order valence-electron chi connectivity index (χ1n) is 6.61. The van der Waals surface area contributed by atoms with Crippen molar-refractivity contribution in [1.82, 2.24) is 10.3 Å². The fourth-order valence-corrected chi connectivity index (χ4v) is 2.82. The molecule has 0 amide bonds. The third-order valence-electron chi connectivity index (χ3n) is 3.18. The highest BCUT2D eigenvalue weighted by Gasteiger charge is 2.18. The Labute approximate surface area is 121 Å². The smallest absolute Gasteiger partial charge is 0.130 e. The lowest BCUT2D eigenvalue weighted by molar-refractivity contribution is 0.497. The summed E-state index contributed by atoms with van der Waals surface area (Å²) in [4.78, 5) is 4.41. The van der Waals surface area contributed by atoms with Gasteiger partial charge in [0.25, 0.3) is 0 Å². The van der Waals surface area contributed by atoms with Crippen LogP contribution in [0.15, 0.2) is 17.5 Å².